The number of carbonyl (C=O) groups excluding carboxylic acids is 2. The highest BCUT2D eigenvalue weighted by Crippen LogP contribution is 2.25. The lowest BCUT2D eigenvalue weighted by molar-refractivity contribution is 0.0709. The van der Waals surface area contributed by atoms with Crippen LogP contribution in [0.5, 0.6) is 0 Å². The van der Waals surface area contributed by atoms with Crippen molar-refractivity contribution in [2.24, 2.45) is 0 Å². The van der Waals surface area contributed by atoms with Crippen molar-refractivity contribution in [3.63, 3.8) is 0 Å². The third kappa shape index (κ3) is 4.91. The predicted octanol–water partition coefficient (Wildman–Crippen LogP) is 1.19. The molecule has 3 rings (SSSR count). The summed E-state index contributed by atoms with van der Waals surface area (Å²) in [6.07, 6.45) is 0.131. The van der Waals surface area contributed by atoms with Crippen molar-refractivity contribution >= 4 is 11.8 Å². The Hall–Kier alpha value is -2.95. The largest absolute Gasteiger partial charge is 0.383 e. The van der Waals surface area contributed by atoms with Gasteiger partial charge in [-0.15, -0.1) is 5.10 Å². The third-order valence-electron chi connectivity index (χ3n) is 4.55. The SMILES string of the molecule is COCCNC(=O)c1cn(CC2CC(F)CN2C(=O)c2ccc(F)cc2F)nn1. The molecule has 1 aliphatic rings. The number of nitrogens with one attached hydrogen (secondary N) is 1. The van der Waals surface area contributed by atoms with Gasteiger partial charge >= 0.3 is 0 Å². The fourth-order valence-electron chi connectivity index (χ4n) is 3.16. The van der Waals surface area contributed by atoms with Crippen LogP contribution in [0.25, 0.3) is 0 Å². The Morgan fingerprint density at radius 2 is 2.14 bits per heavy atom. The van der Waals surface area contributed by atoms with Gasteiger partial charge in [-0.25, -0.2) is 17.9 Å². The number of amides is 2. The van der Waals surface area contributed by atoms with Crippen LogP contribution in [0.4, 0.5) is 13.2 Å². The van der Waals surface area contributed by atoms with E-state index in [4.69, 9.17) is 4.74 Å². The second-order valence-electron chi connectivity index (χ2n) is 6.64. The highest BCUT2D eigenvalue weighted by atomic mass is 19.1. The summed E-state index contributed by atoms with van der Waals surface area (Å²) < 4.78 is 47.2. The van der Waals surface area contributed by atoms with Gasteiger partial charge in [-0.3, -0.25) is 9.59 Å². The number of likely N-dealkylation sites (tertiary alicyclic amines) is 1. The molecule has 2 heterocycles. The minimum atomic E-state index is -1.28. The molecule has 0 spiro atoms. The molecule has 2 unspecified atom stereocenters. The second-order valence-corrected chi connectivity index (χ2v) is 6.64. The van der Waals surface area contributed by atoms with E-state index in [2.05, 4.69) is 15.6 Å². The number of carbonyl (C=O) groups is 2. The smallest absolute Gasteiger partial charge is 0.273 e. The zero-order valence-electron chi connectivity index (χ0n) is 15.6. The summed E-state index contributed by atoms with van der Waals surface area (Å²) in [4.78, 5) is 25.8. The van der Waals surface area contributed by atoms with Gasteiger partial charge in [0, 0.05) is 26.1 Å². The van der Waals surface area contributed by atoms with Gasteiger partial charge in [0.1, 0.15) is 17.8 Å². The molecule has 2 amide bonds. The van der Waals surface area contributed by atoms with Crippen molar-refractivity contribution in [2.45, 2.75) is 25.2 Å². The number of hydrogen-bond donors (Lipinski definition) is 1. The topological polar surface area (TPSA) is 89.4 Å². The standard InChI is InChI=1S/C18H20F3N5O3/c1-29-5-4-22-17(27)16-10-25(24-23-16)9-13-6-12(20)8-26(13)18(28)14-3-2-11(19)7-15(14)21/h2-3,7,10,12-13H,4-6,8-9H2,1H3,(H,22,27). The summed E-state index contributed by atoms with van der Waals surface area (Å²) in [6, 6.07) is 2.00. The Bertz CT molecular complexity index is 891. The summed E-state index contributed by atoms with van der Waals surface area (Å²) in [5.41, 5.74) is -0.263. The van der Waals surface area contributed by atoms with Gasteiger partial charge in [0.05, 0.1) is 37.5 Å². The Morgan fingerprint density at radius 3 is 2.86 bits per heavy atom. The van der Waals surface area contributed by atoms with Crippen molar-refractivity contribution in [2.75, 3.05) is 26.8 Å². The summed E-state index contributed by atoms with van der Waals surface area (Å²) in [5.74, 6) is -2.99. The second kappa shape index (κ2) is 9.03. The average molecular weight is 411 g/mol. The van der Waals surface area contributed by atoms with Gasteiger partial charge < -0.3 is 15.0 Å². The lowest BCUT2D eigenvalue weighted by Gasteiger charge is -2.24. The zero-order chi connectivity index (χ0) is 21.0. The van der Waals surface area contributed by atoms with Crippen LogP contribution < -0.4 is 5.32 Å². The molecule has 29 heavy (non-hydrogen) atoms. The lowest BCUT2D eigenvalue weighted by atomic mass is 10.1. The normalized spacial score (nSPS) is 18.8. The van der Waals surface area contributed by atoms with E-state index in [9.17, 15) is 22.8 Å². The van der Waals surface area contributed by atoms with Gasteiger partial charge in [0.25, 0.3) is 11.8 Å². The summed E-state index contributed by atoms with van der Waals surface area (Å²) in [7, 11) is 1.51. The Labute approximate surface area is 164 Å². The van der Waals surface area contributed by atoms with Crippen molar-refractivity contribution < 1.29 is 27.5 Å². The van der Waals surface area contributed by atoms with Gasteiger partial charge in [-0.05, 0) is 12.1 Å². The molecule has 11 heteroatoms. The number of methoxy groups -OCH3 is 1. The van der Waals surface area contributed by atoms with Crippen LogP contribution in [0, 0.1) is 11.6 Å². The third-order valence-corrected chi connectivity index (χ3v) is 4.55. The van der Waals surface area contributed by atoms with Crippen LogP contribution in [0.3, 0.4) is 0 Å². The molecule has 1 fully saturated rings. The molecule has 1 aromatic carbocycles. The molecule has 1 saturated heterocycles. The molecule has 2 aromatic rings. The first kappa shape index (κ1) is 20.8. The average Bonchev–Trinajstić information content (AvgIpc) is 3.28. The van der Waals surface area contributed by atoms with E-state index in [1.54, 1.807) is 0 Å². The quantitative estimate of drug-likeness (QED) is 0.692. The van der Waals surface area contributed by atoms with Crippen molar-refractivity contribution in [3.8, 4) is 0 Å². The van der Waals surface area contributed by atoms with Gasteiger partial charge in [0.2, 0.25) is 0 Å². The van der Waals surface area contributed by atoms with Gasteiger partial charge in [0.15, 0.2) is 5.69 Å². The molecule has 0 bridgehead atoms. The molecule has 1 aliphatic heterocycles. The molecule has 0 aliphatic carbocycles. The maximum Gasteiger partial charge on any atom is 0.273 e. The first-order valence-electron chi connectivity index (χ1n) is 8.96. The number of halogens is 3. The van der Waals surface area contributed by atoms with E-state index in [1.807, 2.05) is 0 Å². The number of benzene rings is 1. The summed E-state index contributed by atoms with van der Waals surface area (Å²) >= 11 is 0. The minimum absolute atomic E-state index is 0.0315. The van der Waals surface area contributed by atoms with Crippen molar-refractivity contribution in [3.05, 3.63) is 47.3 Å². The maximum absolute atomic E-state index is 14.0. The monoisotopic (exact) mass is 411 g/mol. The number of nitrogens with zero attached hydrogens (tertiary/aromatic N) is 4. The minimum Gasteiger partial charge on any atom is -0.383 e. The Kier molecular flexibility index (Phi) is 6.47. The van der Waals surface area contributed by atoms with E-state index in [1.165, 1.54) is 22.9 Å². The Morgan fingerprint density at radius 1 is 1.34 bits per heavy atom. The number of aromatic nitrogens is 3. The number of rotatable bonds is 7. The Balaban J connectivity index is 1.69. The van der Waals surface area contributed by atoms with Crippen molar-refractivity contribution in [1.82, 2.24) is 25.2 Å². The fraction of sp³-hybridized carbons (Fsp3) is 0.444. The number of ether oxygens (including phenoxy) is 1. The fourth-order valence-corrected chi connectivity index (χ4v) is 3.16. The molecule has 8 nitrogen and oxygen atoms in total. The summed E-state index contributed by atoms with van der Waals surface area (Å²) in [5, 5.41) is 10.2. The van der Waals surface area contributed by atoms with E-state index >= 15 is 0 Å². The van der Waals surface area contributed by atoms with Crippen LogP contribution >= 0.6 is 0 Å². The van der Waals surface area contributed by atoms with Gasteiger partial charge in [-0.2, -0.15) is 0 Å². The summed E-state index contributed by atoms with van der Waals surface area (Å²) in [6.45, 7) is 0.517. The van der Waals surface area contributed by atoms with Crippen LogP contribution in [0.1, 0.15) is 27.3 Å². The molecule has 0 saturated carbocycles. The molecule has 1 N–H and O–H groups in total. The maximum atomic E-state index is 14.0. The van der Waals surface area contributed by atoms with E-state index < -0.39 is 35.7 Å². The van der Waals surface area contributed by atoms with Crippen molar-refractivity contribution in [1.29, 1.82) is 0 Å². The molecule has 0 radical (unpaired) electrons. The predicted molar refractivity (Wildman–Crippen MR) is 94.9 cm³/mol. The first-order valence-corrected chi connectivity index (χ1v) is 8.96. The van der Waals surface area contributed by atoms with Crippen LogP contribution in [0.15, 0.2) is 24.4 Å². The van der Waals surface area contributed by atoms with E-state index in [0.717, 1.165) is 12.1 Å². The molecule has 156 valence electrons. The number of hydrogen-bond acceptors (Lipinski definition) is 5. The van der Waals surface area contributed by atoms with E-state index in [-0.39, 0.29) is 30.8 Å². The zero-order valence-corrected chi connectivity index (χ0v) is 15.6. The molecular formula is C18H20F3N5O3. The van der Waals surface area contributed by atoms with Gasteiger partial charge in [-0.1, -0.05) is 5.21 Å². The number of alkyl halides is 1. The highest BCUT2D eigenvalue weighted by Gasteiger charge is 2.37. The molecule has 2 atom stereocenters. The first-order chi connectivity index (χ1) is 13.9. The highest BCUT2D eigenvalue weighted by molar-refractivity contribution is 5.95. The van der Waals surface area contributed by atoms with Crippen LogP contribution in [0.2, 0.25) is 0 Å². The lowest BCUT2D eigenvalue weighted by Crippen LogP contribution is -2.38. The van der Waals surface area contributed by atoms with Crippen LogP contribution in [-0.4, -0.2) is 70.7 Å². The molecular weight excluding hydrogens is 391 g/mol. The van der Waals surface area contributed by atoms with E-state index in [0.29, 0.717) is 19.2 Å². The van der Waals surface area contributed by atoms with Crippen LogP contribution in [-0.2, 0) is 11.3 Å². The molecule has 1 aromatic heterocycles.